The minimum Gasteiger partial charge on any atom is -0.368 e. The van der Waals surface area contributed by atoms with Crippen molar-refractivity contribution in [3.8, 4) is 0 Å². The maximum atomic E-state index is 13.8. The summed E-state index contributed by atoms with van der Waals surface area (Å²) in [7, 11) is 3.28. The van der Waals surface area contributed by atoms with Crippen molar-refractivity contribution in [3.05, 3.63) is 36.0 Å². The van der Waals surface area contributed by atoms with E-state index < -0.39 is 11.5 Å². The summed E-state index contributed by atoms with van der Waals surface area (Å²) in [6.45, 7) is 2.60. The third kappa shape index (κ3) is 6.53. The minimum atomic E-state index is -0.698. The molecule has 0 saturated carbocycles. The van der Waals surface area contributed by atoms with Gasteiger partial charge in [-0.1, -0.05) is 18.2 Å². The van der Waals surface area contributed by atoms with E-state index in [1.54, 1.807) is 37.2 Å². The number of carbonyl (C=O) groups excluding carboxylic acids is 4. The summed E-state index contributed by atoms with van der Waals surface area (Å²) in [5.74, 6) is -0.0578. The van der Waals surface area contributed by atoms with E-state index in [-0.39, 0.29) is 43.1 Å². The number of pyridine rings is 1. The molecule has 0 aliphatic carbocycles. The van der Waals surface area contributed by atoms with Crippen LogP contribution in [0.25, 0.3) is 0 Å². The number of allylic oxidation sites excluding steroid dienone is 1. The molecule has 2 fully saturated rings. The number of piperidine rings is 1. The van der Waals surface area contributed by atoms with Crippen LogP contribution in [-0.2, 0) is 23.9 Å². The summed E-state index contributed by atoms with van der Waals surface area (Å²) in [5, 5.41) is 5.46. The van der Waals surface area contributed by atoms with Crippen LogP contribution < -0.4 is 10.6 Å². The zero-order valence-corrected chi connectivity index (χ0v) is 21.6. The quantitative estimate of drug-likeness (QED) is 0.555. The van der Waals surface area contributed by atoms with Crippen molar-refractivity contribution >= 4 is 29.4 Å². The smallest absolute Gasteiger partial charge is 0.242 e. The zero-order valence-electron chi connectivity index (χ0n) is 21.6. The second kappa shape index (κ2) is 11.8. The van der Waals surface area contributed by atoms with E-state index in [4.69, 9.17) is 4.74 Å². The van der Waals surface area contributed by atoms with Gasteiger partial charge in [-0.3, -0.25) is 24.1 Å². The second-order valence-corrected chi connectivity index (χ2v) is 9.97. The van der Waals surface area contributed by atoms with Crippen molar-refractivity contribution in [1.82, 2.24) is 25.0 Å². The van der Waals surface area contributed by atoms with Crippen LogP contribution in [0.5, 0.6) is 0 Å². The van der Waals surface area contributed by atoms with Gasteiger partial charge < -0.3 is 25.2 Å². The van der Waals surface area contributed by atoms with Crippen molar-refractivity contribution in [3.63, 3.8) is 0 Å². The Labute approximate surface area is 217 Å². The number of morpholine rings is 1. The molecule has 11 heteroatoms. The highest BCUT2D eigenvalue weighted by Crippen LogP contribution is 2.37. The monoisotopic (exact) mass is 512 g/mol. The molecule has 37 heavy (non-hydrogen) atoms. The number of nitrogens with zero attached hydrogens (tertiary/aromatic N) is 4. The fourth-order valence-corrected chi connectivity index (χ4v) is 5.15. The molecule has 3 aliphatic heterocycles. The number of likely N-dealkylation sites (N-methyl/N-ethyl adjacent to an activating group) is 2. The Kier molecular flexibility index (Phi) is 8.55. The van der Waals surface area contributed by atoms with Gasteiger partial charge in [0.15, 0.2) is 0 Å². The van der Waals surface area contributed by atoms with Crippen molar-refractivity contribution in [1.29, 1.82) is 0 Å². The van der Waals surface area contributed by atoms with E-state index >= 15 is 0 Å². The molecule has 4 heterocycles. The Hall–Kier alpha value is -3.31. The standard InChI is InChI=1S/C26H36N6O5/c1-27-23(34)17-31-12-10-26(11-13-31)9-4-3-8-22(33)29-21-7-5-6-19(28-21)20-16-32(14-15-37-20)24(35)18-30(2)25(26)36/h3-7,20H,8-18H2,1-2H3,(H,27,34)(H,28,29,33)/b4-3+. The van der Waals surface area contributed by atoms with Gasteiger partial charge in [0.1, 0.15) is 11.9 Å². The Morgan fingerprint density at radius 3 is 2.73 bits per heavy atom. The molecule has 4 bridgehead atoms. The predicted octanol–water partition coefficient (Wildman–Crippen LogP) is 0.557. The Balaban J connectivity index is 1.56. The van der Waals surface area contributed by atoms with E-state index in [1.807, 2.05) is 17.0 Å². The number of aromatic nitrogens is 1. The average Bonchev–Trinajstić information content (AvgIpc) is 2.91. The van der Waals surface area contributed by atoms with Crippen LogP contribution in [0, 0.1) is 5.41 Å². The van der Waals surface area contributed by atoms with Gasteiger partial charge >= 0.3 is 0 Å². The second-order valence-electron chi connectivity index (χ2n) is 9.97. The van der Waals surface area contributed by atoms with Gasteiger partial charge in [0.2, 0.25) is 23.6 Å². The number of likely N-dealkylation sites (tertiary alicyclic amines) is 1. The lowest BCUT2D eigenvalue weighted by molar-refractivity contribution is -0.151. The summed E-state index contributed by atoms with van der Waals surface area (Å²) in [5.41, 5.74) is -0.0567. The van der Waals surface area contributed by atoms with E-state index in [1.165, 1.54) is 4.90 Å². The highest BCUT2D eigenvalue weighted by atomic mass is 16.5. The molecule has 1 aromatic heterocycles. The first-order valence-corrected chi connectivity index (χ1v) is 12.8. The van der Waals surface area contributed by atoms with Crippen molar-refractivity contribution in [2.45, 2.75) is 31.8 Å². The Morgan fingerprint density at radius 2 is 1.97 bits per heavy atom. The van der Waals surface area contributed by atoms with Gasteiger partial charge in [-0.2, -0.15) is 0 Å². The molecular weight excluding hydrogens is 476 g/mol. The van der Waals surface area contributed by atoms with Gasteiger partial charge in [-0.25, -0.2) is 4.98 Å². The van der Waals surface area contributed by atoms with Crippen LogP contribution in [0.4, 0.5) is 5.82 Å². The van der Waals surface area contributed by atoms with Gasteiger partial charge in [0, 0.05) is 27.1 Å². The summed E-state index contributed by atoms with van der Waals surface area (Å²) in [6.07, 6.45) is 4.98. The Morgan fingerprint density at radius 1 is 1.19 bits per heavy atom. The number of ether oxygens (including phenoxy) is 1. The molecule has 4 amide bonds. The summed E-state index contributed by atoms with van der Waals surface area (Å²) < 4.78 is 5.88. The third-order valence-corrected chi connectivity index (χ3v) is 7.40. The number of amides is 4. The third-order valence-electron chi connectivity index (χ3n) is 7.40. The summed E-state index contributed by atoms with van der Waals surface area (Å²) >= 11 is 0. The Bertz CT molecular complexity index is 1050. The molecule has 0 aromatic carbocycles. The fraction of sp³-hybridized carbons (Fsp3) is 0.577. The molecule has 1 aromatic rings. The topological polar surface area (TPSA) is 124 Å². The molecule has 3 aliphatic rings. The molecule has 1 spiro atoms. The van der Waals surface area contributed by atoms with Crippen LogP contribution >= 0.6 is 0 Å². The van der Waals surface area contributed by atoms with E-state index in [2.05, 4.69) is 15.6 Å². The average molecular weight is 513 g/mol. The summed E-state index contributed by atoms with van der Waals surface area (Å²) in [4.78, 5) is 61.2. The van der Waals surface area contributed by atoms with Crippen molar-refractivity contribution < 1.29 is 23.9 Å². The van der Waals surface area contributed by atoms with E-state index in [0.717, 1.165) is 0 Å². The number of hydrogen-bond acceptors (Lipinski definition) is 7. The molecular formula is C26H36N6O5. The van der Waals surface area contributed by atoms with Crippen molar-refractivity contribution in [2.24, 2.45) is 5.41 Å². The molecule has 2 N–H and O–H groups in total. The van der Waals surface area contributed by atoms with Gasteiger partial charge in [-0.05, 0) is 44.5 Å². The van der Waals surface area contributed by atoms with E-state index in [9.17, 15) is 19.2 Å². The largest absolute Gasteiger partial charge is 0.368 e. The molecule has 2 saturated heterocycles. The maximum absolute atomic E-state index is 13.8. The molecule has 0 radical (unpaired) electrons. The summed E-state index contributed by atoms with van der Waals surface area (Å²) in [6, 6.07) is 5.34. The zero-order chi connectivity index (χ0) is 26.4. The SMILES string of the molecule is CNC(=O)CN1CCC2(C/C=C/CC(=O)Nc3cccc(n3)C3CN(CCO3)C(=O)CN(C)C2=O)CC1. The molecule has 1 atom stereocenters. The number of fused-ring (bicyclic) bond motifs is 5. The fourth-order valence-electron chi connectivity index (χ4n) is 5.15. The van der Waals surface area contributed by atoms with Crippen LogP contribution in [0.2, 0.25) is 0 Å². The maximum Gasteiger partial charge on any atom is 0.242 e. The lowest BCUT2D eigenvalue weighted by Gasteiger charge is -2.42. The van der Waals surface area contributed by atoms with Crippen LogP contribution in [0.15, 0.2) is 30.4 Å². The number of anilines is 1. The van der Waals surface area contributed by atoms with Crippen molar-refractivity contribution in [2.75, 3.05) is 65.3 Å². The van der Waals surface area contributed by atoms with Crippen LogP contribution in [0.1, 0.15) is 37.5 Å². The van der Waals surface area contributed by atoms with E-state index in [0.29, 0.717) is 63.6 Å². The lowest BCUT2D eigenvalue weighted by Crippen LogP contribution is -2.53. The molecule has 11 nitrogen and oxygen atoms in total. The molecule has 1 unspecified atom stereocenters. The van der Waals surface area contributed by atoms with Gasteiger partial charge in [0.25, 0.3) is 0 Å². The number of hydrogen-bond donors (Lipinski definition) is 2. The molecule has 4 rings (SSSR count). The highest BCUT2D eigenvalue weighted by Gasteiger charge is 2.43. The van der Waals surface area contributed by atoms with Gasteiger partial charge in [-0.15, -0.1) is 0 Å². The number of rotatable bonds is 2. The first-order valence-electron chi connectivity index (χ1n) is 12.8. The van der Waals surface area contributed by atoms with Gasteiger partial charge in [0.05, 0.1) is 37.4 Å². The first kappa shape index (κ1) is 26.7. The highest BCUT2D eigenvalue weighted by molar-refractivity contribution is 5.91. The first-order chi connectivity index (χ1) is 17.8. The van der Waals surface area contributed by atoms with Crippen LogP contribution in [-0.4, -0.2) is 103 Å². The number of nitrogens with one attached hydrogen (secondary N) is 2. The minimum absolute atomic E-state index is 0.0213. The number of carbonyl (C=O) groups is 4. The van der Waals surface area contributed by atoms with Crippen LogP contribution in [0.3, 0.4) is 0 Å². The lowest BCUT2D eigenvalue weighted by atomic mass is 9.74. The normalized spacial score (nSPS) is 24.4. The predicted molar refractivity (Wildman–Crippen MR) is 136 cm³/mol. The molecule has 200 valence electrons.